The van der Waals surface area contributed by atoms with E-state index in [4.69, 9.17) is 0 Å². The van der Waals surface area contributed by atoms with Crippen molar-refractivity contribution in [2.75, 3.05) is 6.54 Å². The number of nitrogens with one attached hydrogen (secondary N) is 2. The summed E-state index contributed by atoms with van der Waals surface area (Å²) in [6.45, 7) is 3.42. The van der Waals surface area contributed by atoms with Crippen LogP contribution in [0.4, 0.5) is 0 Å². The number of rotatable bonds is 6. The summed E-state index contributed by atoms with van der Waals surface area (Å²) < 4.78 is 0. The molecule has 4 nitrogen and oxygen atoms in total. The Hall–Kier alpha value is -1.68. The molecule has 1 aliphatic rings. The summed E-state index contributed by atoms with van der Waals surface area (Å²) in [4.78, 5) is 11.8. The fraction of sp³-hybridized carbons (Fsp3) is 0.556. The van der Waals surface area contributed by atoms with E-state index in [9.17, 15) is 0 Å². The molecule has 0 amide bonds. The Morgan fingerprint density at radius 1 is 1.27 bits per heavy atom. The minimum Gasteiger partial charge on any atom is -0.347 e. The second-order valence-corrected chi connectivity index (χ2v) is 6.57. The van der Waals surface area contributed by atoms with Gasteiger partial charge in [-0.1, -0.05) is 26.2 Å². The molecule has 0 saturated heterocycles. The van der Waals surface area contributed by atoms with E-state index in [0.29, 0.717) is 0 Å². The second kappa shape index (κ2) is 7.54. The van der Waals surface area contributed by atoms with E-state index in [1.165, 1.54) is 37.7 Å². The monoisotopic (exact) mass is 298 g/mol. The molecule has 2 aromatic rings. The first-order valence-electron chi connectivity index (χ1n) is 8.45. The van der Waals surface area contributed by atoms with Crippen LogP contribution in [-0.4, -0.2) is 21.5 Å². The number of hydrogen-bond donors (Lipinski definition) is 2. The number of aromatic amines is 1. The van der Waals surface area contributed by atoms with E-state index in [0.717, 1.165) is 24.2 Å². The predicted octanol–water partition coefficient (Wildman–Crippen LogP) is 3.70. The molecular weight excluding hydrogens is 272 g/mol. The van der Waals surface area contributed by atoms with Crippen LogP contribution in [0.2, 0.25) is 0 Å². The van der Waals surface area contributed by atoms with Gasteiger partial charge >= 0.3 is 0 Å². The Morgan fingerprint density at radius 3 is 2.86 bits per heavy atom. The smallest absolute Gasteiger partial charge is 0.127 e. The lowest BCUT2D eigenvalue weighted by molar-refractivity contribution is 0.266. The first-order chi connectivity index (χ1) is 10.8. The fourth-order valence-corrected chi connectivity index (χ4v) is 3.62. The fourth-order valence-electron chi connectivity index (χ4n) is 3.62. The maximum atomic E-state index is 4.43. The molecule has 0 aliphatic heterocycles. The highest BCUT2D eigenvalue weighted by molar-refractivity contribution is 5.22. The Bertz CT molecular complexity index is 537. The van der Waals surface area contributed by atoms with E-state index >= 15 is 0 Å². The van der Waals surface area contributed by atoms with Gasteiger partial charge in [-0.25, -0.2) is 4.98 Å². The van der Waals surface area contributed by atoms with Crippen LogP contribution < -0.4 is 5.32 Å². The van der Waals surface area contributed by atoms with Crippen molar-refractivity contribution in [2.24, 2.45) is 11.8 Å². The van der Waals surface area contributed by atoms with Crippen LogP contribution in [0.15, 0.2) is 36.9 Å². The molecule has 3 atom stereocenters. The second-order valence-electron chi connectivity index (χ2n) is 6.57. The first kappa shape index (κ1) is 15.2. The highest BCUT2D eigenvalue weighted by Crippen LogP contribution is 2.30. The molecule has 0 radical (unpaired) electrons. The Morgan fingerprint density at radius 2 is 2.14 bits per heavy atom. The van der Waals surface area contributed by atoms with Crippen LogP contribution in [-0.2, 0) is 0 Å². The molecular formula is C18H26N4. The van der Waals surface area contributed by atoms with Crippen molar-refractivity contribution in [2.45, 2.75) is 45.1 Å². The lowest BCUT2D eigenvalue weighted by Crippen LogP contribution is -2.27. The van der Waals surface area contributed by atoms with Gasteiger partial charge in [0.25, 0.3) is 0 Å². The molecule has 0 spiro atoms. The van der Waals surface area contributed by atoms with Crippen molar-refractivity contribution < 1.29 is 0 Å². The molecule has 2 N–H and O–H groups in total. The molecule has 4 heteroatoms. The Kier molecular flexibility index (Phi) is 5.22. The summed E-state index contributed by atoms with van der Waals surface area (Å²) >= 11 is 0. The highest BCUT2D eigenvalue weighted by atomic mass is 15.0. The molecule has 2 aromatic heterocycles. The molecule has 1 fully saturated rings. The van der Waals surface area contributed by atoms with Crippen LogP contribution in [0.5, 0.6) is 0 Å². The van der Waals surface area contributed by atoms with Gasteiger partial charge in [-0.2, -0.15) is 0 Å². The van der Waals surface area contributed by atoms with Crippen LogP contribution in [0.25, 0.3) is 0 Å². The van der Waals surface area contributed by atoms with E-state index in [1.807, 2.05) is 24.8 Å². The van der Waals surface area contributed by atoms with Gasteiger partial charge in [-0.3, -0.25) is 4.98 Å². The van der Waals surface area contributed by atoms with Gasteiger partial charge in [0.15, 0.2) is 0 Å². The van der Waals surface area contributed by atoms with Crippen LogP contribution in [0, 0.1) is 11.8 Å². The molecule has 118 valence electrons. The quantitative estimate of drug-likeness (QED) is 0.855. The Labute approximate surface area is 132 Å². The first-order valence-corrected chi connectivity index (χ1v) is 8.45. The minimum absolute atomic E-state index is 0.124. The van der Waals surface area contributed by atoms with Gasteiger partial charge in [0.05, 0.1) is 6.04 Å². The maximum Gasteiger partial charge on any atom is 0.127 e. The summed E-state index contributed by atoms with van der Waals surface area (Å²) in [5.74, 6) is 2.76. The molecule has 3 rings (SSSR count). The molecule has 1 aliphatic carbocycles. The topological polar surface area (TPSA) is 53.6 Å². The largest absolute Gasteiger partial charge is 0.347 e. The Balaban J connectivity index is 1.59. The van der Waals surface area contributed by atoms with Crippen molar-refractivity contribution in [3.63, 3.8) is 0 Å². The average molecular weight is 298 g/mol. The number of H-pyrrole nitrogens is 1. The zero-order valence-corrected chi connectivity index (χ0v) is 13.3. The SMILES string of the molecule is C[C@@H]1CCC[C@@H](CCN[C@@H](c2ccncc2)c2ncc[nH]2)C1. The number of aromatic nitrogens is 3. The molecule has 0 unspecified atom stereocenters. The van der Waals surface area contributed by atoms with Crippen molar-refractivity contribution in [3.05, 3.63) is 48.3 Å². The number of nitrogens with zero attached hydrogens (tertiary/aromatic N) is 2. The molecule has 1 saturated carbocycles. The third-order valence-corrected chi connectivity index (χ3v) is 4.78. The highest BCUT2D eigenvalue weighted by Gasteiger charge is 2.20. The van der Waals surface area contributed by atoms with Crippen molar-refractivity contribution in [1.29, 1.82) is 0 Å². The summed E-state index contributed by atoms with van der Waals surface area (Å²) in [5.41, 5.74) is 1.21. The number of imidazole rings is 1. The van der Waals surface area contributed by atoms with Crippen molar-refractivity contribution in [3.8, 4) is 0 Å². The van der Waals surface area contributed by atoms with Crippen LogP contribution in [0.3, 0.4) is 0 Å². The van der Waals surface area contributed by atoms with Crippen molar-refractivity contribution >= 4 is 0 Å². The van der Waals surface area contributed by atoms with E-state index < -0.39 is 0 Å². The van der Waals surface area contributed by atoms with E-state index in [1.54, 1.807) is 0 Å². The summed E-state index contributed by atoms with van der Waals surface area (Å²) in [5, 5.41) is 3.68. The third-order valence-electron chi connectivity index (χ3n) is 4.78. The minimum atomic E-state index is 0.124. The van der Waals surface area contributed by atoms with Crippen LogP contribution in [0.1, 0.15) is 56.5 Å². The van der Waals surface area contributed by atoms with E-state index in [-0.39, 0.29) is 6.04 Å². The zero-order chi connectivity index (χ0) is 15.2. The van der Waals surface area contributed by atoms with Gasteiger partial charge in [0.2, 0.25) is 0 Å². The number of hydrogen-bond acceptors (Lipinski definition) is 3. The number of pyridine rings is 1. The lowest BCUT2D eigenvalue weighted by Gasteiger charge is -2.27. The van der Waals surface area contributed by atoms with Gasteiger partial charge < -0.3 is 10.3 Å². The maximum absolute atomic E-state index is 4.43. The molecule has 22 heavy (non-hydrogen) atoms. The van der Waals surface area contributed by atoms with Gasteiger partial charge in [0.1, 0.15) is 5.82 Å². The van der Waals surface area contributed by atoms with Gasteiger partial charge in [-0.15, -0.1) is 0 Å². The summed E-state index contributed by atoms with van der Waals surface area (Å²) in [6, 6.07) is 4.24. The molecule has 0 aromatic carbocycles. The van der Waals surface area contributed by atoms with Crippen LogP contribution >= 0.6 is 0 Å². The molecule has 0 bridgehead atoms. The third kappa shape index (κ3) is 3.95. The molecule has 2 heterocycles. The summed E-state index contributed by atoms with van der Waals surface area (Å²) in [6.07, 6.45) is 14.2. The predicted molar refractivity (Wildman–Crippen MR) is 88.4 cm³/mol. The normalized spacial score (nSPS) is 23.3. The van der Waals surface area contributed by atoms with Gasteiger partial charge in [0, 0.05) is 24.8 Å². The standard InChI is InChI=1S/C18H26N4/c1-14-3-2-4-15(13-14)5-10-20-17(18-21-11-12-22-18)16-6-8-19-9-7-16/h6-9,11-12,14-15,17,20H,2-5,10,13H2,1H3,(H,21,22)/t14-,15+,17+/m1/s1. The van der Waals surface area contributed by atoms with E-state index in [2.05, 4.69) is 39.3 Å². The van der Waals surface area contributed by atoms with Crippen molar-refractivity contribution in [1.82, 2.24) is 20.3 Å². The summed E-state index contributed by atoms with van der Waals surface area (Å²) in [7, 11) is 0. The van der Waals surface area contributed by atoms with Gasteiger partial charge in [-0.05, 0) is 48.9 Å². The lowest BCUT2D eigenvalue weighted by atomic mass is 9.81. The average Bonchev–Trinajstić information content (AvgIpc) is 3.07. The zero-order valence-electron chi connectivity index (χ0n) is 13.3.